The number of rotatable bonds is 16. The number of carboxylic acid groups (broad SMARTS) is 1. The van der Waals surface area contributed by atoms with E-state index in [0.29, 0.717) is 6.42 Å². The number of amides is 1. The Morgan fingerprint density at radius 3 is 1.54 bits per heavy atom. The molecule has 0 radical (unpaired) electrons. The molecule has 1 N–H and O–H groups in total. The number of aliphatic carboxylic acids is 1. The highest BCUT2D eigenvalue weighted by molar-refractivity contribution is 5.83. The molecule has 0 aromatic carbocycles. The first-order valence-corrected chi connectivity index (χ1v) is 9.99. The maximum absolute atomic E-state index is 11.9. The van der Waals surface area contributed by atoms with Crippen molar-refractivity contribution in [3.05, 3.63) is 0 Å². The van der Waals surface area contributed by atoms with Crippen molar-refractivity contribution in [2.24, 2.45) is 0 Å². The van der Waals surface area contributed by atoms with Gasteiger partial charge in [-0.15, -0.1) is 0 Å². The van der Waals surface area contributed by atoms with Crippen molar-refractivity contribution >= 4 is 11.9 Å². The lowest BCUT2D eigenvalue weighted by Gasteiger charge is -2.21. The summed E-state index contributed by atoms with van der Waals surface area (Å²) in [5.74, 6) is -1.01. The maximum Gasteiger partial charge on any atom is 0.326 e. The molecule has 0 aliphatic carbocycles. The van der Waals surface area contributed by atoms with Crippen molar-refractivity contribution in [2.45, 2.75) is 110 Å². The third-order valence-electron chi connectivity index (χ3n) is 4.83. The van der Waals surface area contributed by atoms with Crippen LogP contribution in [0.25, 0.3) is 0 Å². The quantitative estimate of drug-likeness (QED) is 0.382. The van der Waals surface area contributed by atoms with Crippen LogP contribution in [-0.2, 0) is 9.59 Å². The molecule has 4 nitrogen and oxygen atoms in total. The fraction of sp³-hybridized carbons (Fsp3) is 0.900. The minimum atomic E-state index is -0.948. The van der Waals surface area contributed by atoms with E-state index >= 15 is 0 Å². The van der Waals surface area contributed by atoms with Gasteiger partial charge in [0.25, 0.3) is 0 Å². The summed E-state index contributed by atoms with van der Waals surface area (Å²) >= 11 is 0. The van der Waals surface area contributed by atoms with Crippen molar-refractivity contribution in [1.29, 1.82) is 0 Å². The summed E-state index contributed by atoms with van der Waals surface area (Å²) in [6, 6.07) is -0.737. The lowest BCUT2D eigenvalue weighted by atomic mass is 10.0. The van der Waals surface area contributed by atoms with E-state index in [4.69, 9.17) is 5.11 Å². The maximum atomic E-state index is 11.9. The van der Waals surface area contributed by atoms with E-state index in [1.165, 1.54) is 75.5 Å². The molecule has 0 aromatic rings. The van der Waals surface area contributed by atoms with Gasteiger partial charge >= 0.3 is 5.97 Å². The minimum absolute atomic E-state index is 0.0621. The van der Waals surface area contributed by atoms with Crippen LogP contribution in [0.2, 0.25) is 0 Å². The molecule has 0 rings (SSSR count). The average molecular weight is 342 g/mol. The SMILES string of the molecule is CCCCCCCCCCCCCCCC(=O)N(C)[C@@H](C)C(=O)O. The highest BCUT2D eigenvalue weighted by Gasteiger charge is 2.20. The second kappa shape index (κ2) is 15.5. The molecular formula is C20H39NO3. The van der Waals surface area contributed by atoms with E-state index < -0.39 is 12.0 Å². The fourth-order valence-electron chi connectivity index (χ4n) is 2.85. The van der Waals surface area contributed by atoms with Crippen LogP contribution < -0.4 is 0 Å². The summed E-state index contributed by atoms with van der Waals surface area (Å²) in [6.07, 6.45) is 17.1. The molecule has 24 heavy (non-hydrogen) atoms. The van der Waals surface area contributed by atoms with Crippen LogP contribution >= 0.6 is 0 Å². The van der Waals surface area contributed by atoms with E-state index in [9.17, 15) is 9.59 Å². The summed E-state index contributed by atoms with van der Waals surface area (Å²) in [5, 5.41) is 8.89. The van der Waals surface area contributed by atoms with Crippen LogP contribution in [-0.4, -0.2) is 35.0 Å². The average Bonchev–Trinajstić information content (AvgIpc) is 2.57. The summed E-state index contributed by atoms with van der Waals surface area (Å²) in [6.45, 7) is 3.80. The van der Waals surface area contributed by atoms with E-state index in [0.717, 1.165) is 12.8 Å². The molecule has 4 heteroatoms. The Morgan fingerprint density at radius 1 is 0.792 bits per heavy atom. The molecule has 0 spiro atoms. The summed E-state index contributed by atoms with van der Waals surface area (Å²) < 4.78 is 0. The number of carbonyl (C=O) groups is 2. The number of hydrogen-bond donors (Lipinski definition) is 1. The second-order valence-corrected chi connectivity index (χ2v) is 7.01. The number of carboxylic acids is 1. The first-order chi connectivity index (χ1) is 11.5. The topological polar surface area (TPSA) is 57.6 Å². The van der Waals surface area contributed by atoms with Gasteiger partial charge in [0, 0.05) is 13.5 Å². The lowest BCUT2D eigenvalue weighted by molar-refractivity contribution is -0.148. The van der Waals surface area contributed by atoms with Crippen LogP contribution in [0.3, 0.4) is 0 Å². The molecule has 0 aromatic heterocycles. The van der Waals surface area contributed by atoms with Crippen LogP contribution in [0.15, 0.2) is 0 Å². The molecule has 1 amide bonds. The summed E-state index contributed by atoms with van der Waals surface area (Å²) in [4.78, 5) is 24.0. The fourth-order valence-corrected chi connectivity index (χ4v) is 2.85. The third kappa shape index (κ3) is 12.4. The van der Waals surface area contributed by atoms with Crippen LogP contribution in [0.1, 0.15) is 104 Å². The number of hydrogen-bond acceptors (Lipinski definition) is 2. The van der Waals surface area contributed by atoms with Crippen LogP contribution in [0.5, 0.6) is 0 Å². The minimum Gasteiger partial charge on any atom is -0.480 e. The molecule has 0 aliphatic heterocycles. The predicted octanol–water partition coefficient (Wildman–Crippen LogP) is 5.40. The molecule has 142 valence electrons. The van der Waals surface area contributed by atoms with Gasteiger partial charge in [0.1, 0.15) is 6.04 Å². The molecule has 0 heterocycles. The standard InChI is InChI=1S/C20H39NO3/c1-4-5-6-7-8-9-10-11-12-13-14-15-16-17-19(22)21(3)18(2)20(23)24/h18H,4-17H2,1-3H3,(H,23,24)/t18-/m0/s1. The van der Waals surface area contributed by atoms with E-state index in [1.807, 2.05) is 0 Å². The van der Waals surface area contributed by atoms with Gasteiger partial charge in [-0.3, -0.25) is 4.79 Å². The Balaban J connectivity index is 3.36. The molecule has 0 fully saturated rings. The van der Waals surface area contributed by atoms with Gasteiger partial charge in [0.15, 0.2) is 0 Å². The van der Waals surface area contributed by atoms with Gasteiger partial charge < -0.3 is 10.0 Å². The van der Waals surface area contributed by atoms with E-state index in [2.05, 4.69) is 6.92 Å². The summed E-state index contributed by atoms with van der Waals surface area (Å²) in [7, 11) is 1.57. The van der Waals surface area contributed by atoms with Crippen LogP contribution in [0, 0.1) is 0 Å². The Labute approximate surface area is 149 Å². The van der Waals surface area contributed by atoms with Gasteiger partial charge in [0.2, 0.25) is 5.91 Å². The molecule has 0 unspecified atom stereocenters. The van der Waals surface area contributed by atoms with Crippen molar-refractivity contribution in [3.8, 4) is 0 Å². The lowest BCUT2D eigenvalue weighted by Crippen LogP contribution is -2.40. The number of nitrogens with zero attached hydrogens (tertiary/aromatic N) is 1. The zero-order valence-electron chi connectivity index (χ0n) is 16.2. The van der Waals surface area contributed by atoms with Crippen molar-refractivity contribution in [3.63, 3.8) is 0 Å². The zero-order valence-corrected chi connectivity index (χ0v) is 16.2. The predicted molar refractivity (Wildman–Crippen MR) is 100 cm³/mol. The highest BCUT2D eigenvalue weighted by Crippen LogP contribution is 2.13. The van der Waals surface area contributed by atoms with Gasteiger partial charge in [-0.25, -0.2) is 4.79 Å². The first kappa shape index (κ1) is 22.9. The van der Waals surface area contributed by atoms with Crippen molar-refractivity contribution in [1.82, 2.24) is 4.90 Å². The van der Waals surface area contributed by atoms with Crippen LogP contribution in [0.4, 0.5) is 0 Å². The third-order valence-corrected chi connectivity index (χ3v) is 4.83. The van der Waals surface area contributed by atoms with Gasteiger partial charge in [-0.05, 0) is 13.3 Å². The number of unbranched alkanes of at least 4 members (excludes halogenated alkanes) is 12. The molecule has 1 atom stereocenters. The van der Waals surface area contributed by atoms with E-state index in [1.54, 1.807) is 14.0 Å². The molecular weight excluding hydrogens is 302 g/mol. The molecule has 0 bridgehead atoms. The smallest absolute Gasteiger partial charge is 0.326 e. The second-order valence-electron chi connectivity index (χ2n) is 7.01. The van der Waals surface area contributed by atoms with Crippen molar-refractivity contribution < 1.29 is 14.7 Å². The normalized spacial score (nSPS) is 12.1. The molecule has 0 aliphatic rings. The van der Waals surface area contributed by atoms with Gasteiger partial charge in [0.05, 0.1) is 0 Å². The Kier molecular flexibility index (Phi) is 14.8. The largest absolute Gasteiger partial charge is 0.480 e. The number of carbonyl (C=O) groups excluding carboxylic acids is 1. The Bertz CT molecular complexity index is 331. The highest BCUT2D eigenvalue weighted by atomic mass is 16.4. The Morgan fingerprint density at radius 2 is 1.17 bits per heavy atom. The molecule has 0 saturated carbocycles. The first-order valence-electron chi connectivity index (χ1n) is 9.99. The summed E-state index contributed by atoms with van der Waals surface area (Å²) in [5.41, 5.74) is 0. The van der Waals surface area contributed by atoms with Gasteiger partial charge in [-0.2, -0.15) is 0 Å². The van der Waals surface area contributed by atoms with Gasteiger partial charge in [-0.1, -0.05) is 84.0 Å². The Hall–Kier alpha value is -1.06. The zero-order chi connectivity index (χ0) is 18.2. The van der Waals surface area contributed by atoms with E-state index in [-0.39, 0.29) is 5.91 Å². The monoisotopic (exact) mass is 341 g/mol. The van der Waals surface area contributed by atoms with Crippen molar-refractivity contribution in [2.75, 3.05) is 7.05 Å². The molecule has 0 saturated heterocycles. The number of likely N-dealkylation sites (N-methyl/N-ethyl adjacent to an activating group) is 1.